The van der Waals surface area contributed by atoms with E-state index in [2.05, 4.69) is 13.8 Å². The van der Waals surface area contributed by atoms with Gasteiger partial charge in [-0.15, -0.1) is 0 Å². The van der Waals surface area contributed by atoms with Crippen molar-refractivity contribution >= 4 is 0 Å². The number of ether oxygens (including phenoxy) is 1. The van der Waals surface area contributed by atoms with E-state index in [0.29, 0.717) is 17.4 Å². The van der Waals surface area contributed by atoms with Crippen LogP contribution in [-0.2, 0) is 4.74 Å². The Labute approximate surface area is 98.9 Å². The van der Waals surface area contributed by atoms with Crippen molar-refractivity contribution in [3.05, 3.63) is 0 Å². The fourth-order valence-electron chi connectivity index (χ4n) is 5.78. The molecule has 4 fully saturated rings. The van der Waals surface area contributed by atoms with Crippen LogP contribution in [0.3, 0.4) is 0 Å². The summed E-state index contributed by atoms with van der Waals surface area (Å²) in [5.41, 5.74) is 6.91. The van der Waals surface area contributed by atoms with E-state index >= 15 is 0 Å². The lowest BCUT2D eigenvalue weighted by molar-refractivity contribution is -0.213. The van der Waals surface area contributed by atoms with Crippen LogP contribution in [0.25, 0.3) is 0 Å². The van der Waals surface area contributed by atoms with Crippen LogP contribution in [0.2, 0.25) is 0 Å². The molecule has 4 saturated carbocycles. The van der Waals surface area contributed by atoms with E-state index in [-0.39, 0.29) is 5.60 Å². The van der Waals surface area contributed by atoms with Crippen LogP contribution in [0.1, 0.15) is 52.4 Å². The molecule has 0 aliphatic heterocycles. The summed E-state index contributed by atoms with van der Waals surface area (Å²) < 4.78 is 6.20. The van der Waals surface area contributed by atoms with Gasteiger partial charge in [-0.1, -0.05) is 13.8 Å². The largest absolute Gasteiger partial charge is 0.374 e. The molecule has 2 N–H and O–H groups in total. The first kappa shape index (κ1) is 11.0. The third-order valence-electron chi connectivity index (χ3n) is 5.10. The topological polar surface area (TPSA) is 35.2 Å². The minimum absolute atomic E-state index is 0.197. The molecule has 4 aliphatic carbocycles. The van der Waals surface area contributed by atoms with Crippen LogP contribution in [0.5, 0.6) is 0 Å². The second kappa shape index (κ2) is 3.23. The first-order chi connectivity index (χ1) is 7.47. The lowest BCUT2D eigenvalue weighted by atomic mass is 9.43. The Hall–Kier alpha value is -0.0800. The van der Waals surface area contributed by atoms with Gasteiger partial charge in [0, 0.05) is 6.54 Å². The molecule has 0 aromatic carbocycles. The Balaban J connectivity index is 1.86. The molecule has 0 unspecified atom stereocenters. The lowest BCUT2D eigenvalue weighted by Gasteiger charge is -2.65. The Morgan fingerprint density at radius 2 is 1.69 bits per heavy atom. The van der Waals surface area contributed by atoms with E-state index in [4.69, 9.17) is 10.5 Å². The second-order valence-electron chi connectivity index (χ2n) is 7.45. The van der Waals surface area contributed by atoms with E-state index in [9.17, 15) is 0 Å². The van der Waals surface area contributed by atoms with Gasteiger partial charge < -0.3 is 10.5 Å². The van der Waals surface area contributed by atoms with Crippen LogP contribution >= 0.6 is 0 Å². The number of hydrogen-bond donors (Lipinski definition) is 1. The fourth-order valence-corrected chi connectivity index (χ4v) is 5.78. The smallest absolute Gasteiger partial charge is 0.0696 e. The second-order valence-corrected chi connectivity index (χ2v) is 7.45. The Kier molecular flexibility index (Phi) is 2.23. The van der Waals surface area contributed by atoms with Crippen LogP contribution in [-0.4, -0.2) is 18.8 Å². The fraction of sp³-hybridized carbons (Fsp3) is 1.00. The predicted molar refractivity (Wildman–Crippen MR) is 65.1 cm³/mol. The van der Waals surface area contributed by atoms with Gasteiger partial charge in [-0.25, -0.2) is 0 Å². The van der Waals surface area contributed by atoms with E-state index in [1.807, 2.05) is 0 Å². The van der Waals surface area contributed by atoms with Crippen molar-refractivity contribution in [3.63, 3.8) is 0 Å². The molecule has 2 nitrogen and oxygen atoms in total. The SMILES string of the molecule is C[C@@]12CC3CC(OCCN)(C1)C[C@@](C)(C3)C2. The zero-order valence-corrected chi connectivity index (χ0v) is 10.7. The van der Waals surface area contributed by atoms with Gasteiger partial charge in [-0.3, -0.25) is 0 Å². The zero-order valence-electron chi connectivity index (χ0n) is 10.7. The average molecular weight is 223 g/mol. The van der Waals surface area contributed by atoms with Crippen molar-refractivity contribution in [1.29, 1.82) is 0 Å². The number of nitrogens with two attached hydrogens (primary N) is 1. The summed E-state index contributed by atoms with van der Waals surface area (Å²) in [6, 6.07) is 0. The Morgan fingerprint density at radius 3 is 2.19 bits per heavy atom. The summed E-state index contributed by atoms with van der Waals surface area (Å²) in [5.74, 6) is 0.920. The third kappa shape index (κ3) is 1.62. The molecule has 0 radical (unpaired) electrons. The average Bonchev–Trinajstić information content (AvgIpc) is 2.08. The first-order valence-electron chi connectivity index (χ1n) is 6.81. The molecule has 2 atom stereocenters. The highest BCUT2D eigenvalue weighted by Crippen LogP contribution is 2.67. The van der Waals surface area contributed by atoms with Crippen LogP contribution in [0, 0.1) is 16.7 Å². The van der Waals surface area contributed by atoms with Gasteiger partial charge in [0.1, 0.15) is 0 Å². The highest BCUT2D eigenvalue weighted by molar-refractivity contribution is 5.11. The standard InChI is InChI=1S/C14H25NO/c1-12-5-11-6-13(2,8-12)10-14(7-11,9-12)16-4-3-15/h11H,3-10,15H2,1-2H3/t11?,12-,13-,14?/m0/s1. The zero-order chi connectivity index (χ0) is 11.4. The van der Waals surface area contributed by atoms with Crippen molar-refractivity contribution in [2.24, 2.45) is 22.5 Å². The van der Waals surface area contributed by atoms with Gasteiger partial charge in [-0.05, 0) is 55.3 Å². The van der Waals surface area contributed by atoms with E-state index < -0.39 is 0 Å². The van der Waals surface area contributed by atoms with Crippen LogP contribution < -0.4 is 5.73 Å². The maximum atomic E-state index is 6.20. The monoisotopic (exact) mass is 223 g/mol. The van der Waals surface area contributed by atoms with E-state index in [1.165, 1.54) is 38.5 Å². The normalized spacial score (nSPS) is 54.6. The third-order valence-corrected chi connectivity index (χ3v) is 5.10. The molecule has 4 bridgehead atoms. The van der Waals surface area contributed by atoms with Gasteiger partial charge in [0.2, 0.25) is 0 Å². The lowest BCUT2D eigenvalue weighted by Crippen LogP contribution is -2.59. The Morgan fingerprint density at radius 1 is 1.06 bits per heavy atom. The molecule has 0 aromatic rings. The molecule has 4 aliphatic rings. The van der Waals surface area contributed by atoms with E-state index in [0.717, 1.165) is 12.5 Å². The highest BCUT2D eigenvalue weighted by atomic mass is 16.5. The molecule has 16 heavy (non-hydrogen) atoms. The molecule has 0 amide bonds. The predicted octanol–water partition coefficient (Wildman–Crippen LogP) is 2.71. The summed E-state index contributed by atoms with van der Waals surface area (Å²) in [4.78, 5) is 0. The van der Waals surface area contributed by atoms with Crippen molar-refractivity contribution in [2.75, 3.05) is 13.2 Å². The van der Waals surface area contributed by atoms with Crippen LogP contribution in [0.4, 0.5) is 0 Å². The molecule has 4 rings (SSSR count). The van der Waals surface area contributed by atoms with Crippen molar-refractivity contribution in [2.45, 2.75) is 58.0 Å². The summed E-state index contributed by atoms with van der Waals surface area (Å²) >= 11 is 0. The summed E-state index contributed by atoms with van der Waals surface area (Å²) in [7, 11) is 0. The summed E-state index contributed by atoms with van der Waals surface area (Å²) in [6.07, 6.45) is 8.17. The van der Waals surface area contributed by atoms with Crippen molar-refractivity contribution in [1.82, 2.24) is 0 Å². The molecule has 2 heteroatoms. The van der Waals surface area contributed by atoms with Crippen molar-refractivity contribution in [3.8, 4) is 0 Å². The van der Waals surface area contributed by atoms with E-state index in [1.54, 1.807) is 0 Å². The van der Waals surface area contributed by atoms with Gasteiger partial charge in [0.15, 0.2) is 0 Å². The summed E-state index contributed by atoms with van der Waals surface area (Å²) in [5, 5.41) is 0. The molecule has 92 valence electrons. The molecule has 0 heterocycles. The first-order valence-corrected chi connectivity index (χ1v) is 6.81. The maximum Gasteiger partial charge on any atom is 0.0696 e. The number of hydrogen-bond acceptors (Lipinski definition) is 2. The van der Waals surface area contributed by atoms with Gasteiger partial charge in [-0.2, -0.15) is 0 Å². The Bertz CT molecular complexity index is 283. The van der Waals surface area contributed by atoms with Gasteiger partial charge in [0.25, 0.3) is 0 Å². The molecular weight excluding hydrogens is 198 g/mol. The number of rotatable bonds is 3. The highest BCUT2D eigenvalue weighted by Gasteiger charge is 2.60. The van der Waals surface area contributed by atoms with Gasteiger partial charge >= 0.3 is 0 Å². The molecule has 0 spiro atoms. The van der Waals surface area contributed by atoms with Gasteiger partial charge in [0.05, 0.1) is 12.2 Å². The molecular formula is C14H25NO. The quantitative estimate of drug-likeness (QED) is 0.798. The maximum absolute atomic E-state index is 6.20. The van der Waals surface area contributed by atoms with Crippen LogP contribution in [0.15, 0.2) is 0 Å². The minimum Gasteiger partial charge on any atom is -0.374 e. The minimum atomic E-state index is 0.197. The van der Waals surface area contributed by atoms with Crippen molar-refractivity contribution < 1.29 is 4.74 Å². The summed E-state index contributed by atoms with van der Waals surface area (Å²) in [6.45, 7) is 6.38. The molecule has 0 aromatic heterocycles. The molecule has 0 saturated heterocycles.